The highest BCUT2D eigenvalue weighted by Crippen LogP contribution is 2.33. The third-order valence-electron chi connectivity index (χ3n) is 5.38. The van der Waals surface area contributed by atoms with Crippen LogP contribution >= 0.6 is 0 Å². The van der Waals surface area contributed by atoms with E-state index in [0.29, 0.717) is 33.7 Å². The van der Waals surface area contributed by atoms with Crippen molar-refractivity contribution in [3.8, 4) is 23.0 Å². The van der Waals surface area contributed by atoms with Gasteiger partial charge in [0, 0.05) is 35.7 Å². The van der Waals surface area contributed by atoms with E-state index < -0.39 is 34.8 Å². The average Bonchev–Trinajstić information content (AvgIpc) is 3.16. The van der Waals surface area contributed by atoms with Crippen LogP contribution in [0.1, 0.15) is 43.1 Å². The molecule has 0 bridgehead atoms. The van der Waals surface area contributed by atoms with Crippen LogP contribution < -0.4 is 11.4 Å². The minimum atomic E-state index is -1.26. The highest BCUT2D eigenvalue weighted by molar-refractivity contribution is 5.76. The Morgan fingerprint density at radius 3 is 2.58 bits per heavy atom. The van der Waals surface area contributed by atoms with Crippen molar-refractivity contribution in [2.75, 3.05) is 0 Å². The molecule has 4 N–H and O–H groups in total. The number of nitrogens with two attached hydrogens (primary N) is 1. The van der Waals surface area contributed by atoms with Gasteiger partial charge >= 0.3 is 5.69 Å². The fourth-order valence-electron chi connectivity index (χ4n) is 3.90. The summed E-state index contributed by atoms with van der Waals surface area (Å²) in [6.45, 7) is 3.06. The van der Waals surface area contributed by atoms with Gasteiger partial charge in [-0.1, -0.05) is 5.92 Å². The van der Waals surface area contributed by atoms with Gasteiger partial charge in [0.25, 0.3) is 0 Å². The molecule has 4 aromatic rings. The molecule has 0 spiro atoms. The number of hydrogen-bond donors (Lipinski definition) is 3. The first-order valence-corrected chi connectivity index (χ1v) is 11.1. The number of pyridine rings is 2. The molecule has 4 rings (SSSR count). The van der Waals surface area contributed by atoms with E-state index in [4.69, 9.17) is 5.73 Å². The van der Waals surface area contributed by atoms with E-state index in [-0.39, 0.29) is 12.8 Å². The normalized spacial score (nSPS) is 12.2. The number of H-pyrrole nitrogens is 1. The molecule has 36 heavy (non-hydrogen) atoms. The standard InChI is InChI=1S/C26H23F2N5O3/c1-26(2,36)8-7-20-4-5-21(16-3-6-23-31-32-25(35)33(23)14-16)24(30-20)17(12-22(29)34)9-15-10-18(27)13-19(28)11-15/h3-6,10-11,13-14,17,36H,9,12H2,1-2H3,(H2,29,34)(H,32,35)/t17-/m0/s1. The molecular weight excluding hydrogens is 468 g/mol. The minimum Gasteiger partial charge on any atom is -0.378 e. The van der Waals surface area contributed by atoms with E-state index in [1.165, 1.54) is 30.4 Å². The molecule has 1 atom stereocenters. The van der Waals surface area contributed by atoms with Crippen molar-refractivity contribution in [3.05, 3.63) is 87.7 Å². The summed E-state index contributed by atoms with van der Waals surface area (Å²) >= 11 is 0. The zero-order valence-electron chi connectivity index (χ0n) is 19.5. The first-order valence-electron chi connectivity index (χ1n) is 11.1. The third-order valence-corrected chi connectivity index (χ3v) is 5.38. The van der Waals surface area contributed by atoms with Crippen molar-refractivity contribution in [2.45, 2.75) is 38.2 Å². The van der Waals surface area contributed by atoms with Crippen molar-refractivity contribution >= 4 is 11.6 Å². The topological polar surface area (TPSA) is 126 Å². The van der Waals surface area contributed by atoms with E-state index in [2.05, 4.69) is 27.0 Å². The number of aliphatic hydroxyl groups is 1. The predicted octanol–water partition coefficient (Wildman–Crippen LogP) is 2.69. The molecule has 0 aliphatic rings. The number of rotatable bonds is 6. The van der Waals surface area contributed by atoms with E-state index in [0.717, 1.165) is 6.07 Å². The van der Waals surface area contributed by atoms with Crippen molar-refractivity contribution in [2.24, 2.45) is 5.73 Å². The summed E-state index contributed by atoms with van der Waals surface area (Å²) in [6, 6.07) is 9.89. The first kappa shape index (κ1) is 24.8. The van der Waals surface area contributed by atoms with Crippen LogP contribution in [-0.4, -0.2) is 36.2 Å². The number of aromatic amines is 1. The van der Waals surface area contributed by atoms with Crippen LogP contribution in [0.15, 0.2) is 53.5 Å². The number of nitrogens with zero attached hydrogens (tertiary/aromatic N) is 3. The molecule has 1 aromatic carbocycles. The Kier molecular flexibility index (Phi) is 6.68. The summed E-state index contributed by atoms with van der Waals surface area (Å²) in [6.07, 6.45) is 1.48. The summed E-state index contributed by atoms with van der Waals surface area (Å²) < 4.78 is 29.1. The van der Waals surface area contributed by atoms with Crippen molar-refractivity contribution in [3.63, 3.8) is 0 Å². The lowest BCUT2D eigenvalue weighted by atomic mass is 9.88. The lowest BCUT2D eigenvalue weighted by Gasteiger charge is -2.20. The number of primary amides is 1. The molecule has 3 heterocycles. The molecule has 0 fully saturated rings. The smallest absolute Gasteiger partial charge is 0.347 e. The third kappa shape index (κ3) is 5.82. The summed E-state index contributed by atoms with van der Waals surface area (Å²) in [4.78, 5) is 28.8. The van der Waals surface area contributed by atoms with Gasteiger partial charge in [0.15, 0.2) is 5.65 Å². The minimum absolute atomic E-state index is 0.0634. The van der Waals surface area contributed by atoms with E-state index >= 15 is 0 Å². The number of benzene rings is 1. The number of carbonyl (C=O) groups is 1. The number of hydrogen-bond acceptors (Lipinski definition) is 5. The zero-order valence-corrected chi connectivity index (χ0v) is 19.5. The predicted molar refractivity (Wildman–Crippen MR) is 129 cm³/mol. The Balaban J connectivity index is 1.89. The number of halogens is 2. The summed E-state index contributed by atoms with van der Waals surface area (Å²) in [7, 11) is 0. The molecule has 0 aliphatic carbocycles. The second-order valence-electron chi connectivity index (χ2n) is 8.96. The maximum absolute atomic E-state index is 13.9. The maximum atomic E-state index is 13.9. The summed E-state index contributed by atoms with van der Waals surface area (Å²) in [5, 5.41) is 16.3. The fourth-order valence-corrected chi connectivity index (χ4v) is 3.90. The number of fused-ring (bicyclic) bond motifs is 1. The van der Waals surface area contributed by atoms with Gasteiger partial charge in [-0.25, -0.2) is 28.1 Å². The molecule has 0 unspecified atom stereocenters. The van der Waals surface area contributed by atoms with Gasteiger partial charge in [-0.3, -0.25) is 4.79 Å². The van der Waals surface area contributed by atoms with Gasteiger partial charge in [0.1, 0.15) is 22.9 Å². The second kappa shape index (κ2) is 9.71. The number of carbonyl (C=O) groups excluding carboxylic acids is 1. The molecular formula is C26H23F2N5O3. The van der Waals surface area contributed by atoms with Gasteiger partial charge in [0.05, 0.1) is 5.69 Å². The molecule has 0 saturated heterocycles. The number of aromatic nitrogens is 4. The Morgan fingerprint density at radius 1 is 1.19 bits per heavy atom. The Labute approximate surface area is 204 Å². The van der Waals surface area contributed by atoms with Crippen LogP contribution in [0.5, 0.6) is 0 Å². The Morgan fingerprint density at radius 2 is 1.92 bits per heavy atom. The fraction of sp³-hybridized carbons (Fsp3) is 0.231. The zero-order chi connectivity index (χ0) is 26.0. The maximum Gasteiger partial charge on any atom is 0.347 e. The van der Waals surface area contributed by atoms with E-state index in [1.54, 1.807) is 30.5 Å². The molecule has 0 saturated carbocycles. The molecule has 1 amide bonds. The molecule has 0 radical (unpaired) electrons. The lowest BCUT2D eigenvalue weighted by molar-refractivity contribution is -0.118. The van der Waals surface area contributed by atoms with Crippen LogP contribution in [0, 0.1) is 23.5 Å². The monoisotopic (exact) mass is 491 g/mol. The SMILES string of the molecule is CC(C)(O)C#Cc1ccc(-c2ccc3n[nH]c(=O)n3c2)c([C@H](CC(N)=O)Cc2cc(F)cc(F)c2)n1. The van der Waals surface area contributed by atoms with Crippen LogP contribution in [-0.2, 0) is 11.2 Å². The Hall–Kier alpha value is -4.36. The second-order valence-corrected chi connectivity index (χ2v) is 8.96. The van der Waals surface area contributed by atoms with Crippen LogP contribution in [0.25, 0.3) is 16.8 Å². The highest BCUT2D eigenvalue weighted by Gasteiger charge is 2.23. The Bertz CT molecular complexity index is 1550. The van der Waals surface area contributed by atoms with Crippen LogP contribution in [0.4, 0.5) is 8.78 Å². The van der Waals surface area contributed by atoms with Gasteiger partial charge in [-0.15, -0.1) is 0 Å². The van der Waals surface area contributed by atoms with Gasteiger partial charge in [0.2, 0.25) is 5.91 Å². The average molecular weight is 491 g/mol. The van der Waals surface area contributed by atoms with Gasteiger partial charge in [-0.05, 0) is 68.2 Å². The summed E-state index contributed by atoms with van der Waals surface area (Å²) in [5.74, 6) is 2.72. The molecule has 3 aromatic heterocycles. The van der Waals surface area contributed by atoms with Crippen molar-refractivity contribution in [1.82, 2.24) is 19.6 Å². The van der Waals surface area contributed by atoms with Crippen molar-refractivity contribution < 1.29 is 18.7 Å². The first-order chi connectivity index (χ1) is 17.0. The highest BCUT2D eigenvalue weighted by atomic mass is 19.1. The van der Waals surface area contributed by atoms with Crippen LogP contribution in [0.3, 0.4) is 0 Å². The quantitative estimate of drug-likeness (QED) is 0.358. The van der Waals surface area contributed by atoms with E-state index in [9.17, 15) is 23.5 Å². The van der Waals surface area contributed by atoms with Crippen molar-refractivity contribution in [1.29, 1.82) is 0 Å². The summed E-state index contributed by atoms with van der Waals surface area (Å²) in [5.41, 5.74) is 6.45. The number of nitrogens with one attached hydrogen (secondary N) is 1. The van der Waals surface area contributed by atoms with Crippen LogP contribution in [0.2, 0.25) is 0 Å². The lowest BCUT2D eigenvalue weighted by Crippen LogP contribution is -2.19. The van der Waals surface area contributed by atoms with E-state index in [1.807, 2.05) is 0 Å². The molecule has 0 aliphatic heterocycles. The molecule has 10 heteroatoms. The largest absolute Gasteiger partial charge is 0.378 e. The van der Waals surface area contributed by atoms with Gasteiger partial charge in [-0.2, -0.15) is 5.10 Å². The molecule has 184 valence electrons. The molecule has 8 nitrogen and oxygen atoms in total. The number of amides is 1. The van der Waals surface area contributed by atoms with Gasteiger partial charge < -0.3 is 10.8 Å².